The Bertz CT molecular complexity index is 719. The first-order valence-electron chi connectivity index (χ1n) is 7.24. The Morgan fingerprint density at radius 2 is 1.83 bits per heavy atom. The normalized spacial score (nSPS) is 14.8. The molecule has 1 amide bonds. The van der Waals surface area contributed by atoms with Crippen molar-refractivity contribution < 1.29 is 9.53 Å². The predicted octanol–water partition coefficient (Wildman–Crippen LogP) is 3.83. The summed E-state index contributed by atoms with van der Waals surface area (Å²) in [5, 5.41) is 3.94. The molecule has 0 atom stereocenters. The van der Waals surface area contributed by atoms with E-state index in [4.69, 9.17) is 39.5 Å². The van der Waals surface area contributed by atoms with Crippen LogP contribution in [0.25, 0.3) is 0 Å². The fourth-order valence-electron chi connectivity index (χ4n) is 2.36. The highest BCUT2D eigenvalue weighted by molar-refractivity contribution is 7.13. The van der Waals surface area contributed by atoms with Crippen LogP contribution in [0.15, 0.2) is 23.7 Å². The van der Waals surface area contributed by atoms with E-state index in [0.717, 1.165) is 18.2 Å². The van der Waals surface area contributed by atoms with Gasteiger partial charge in [0.1, 0.15) is 5.75 Å². The summed E-state index contributed by atoms with van der Waals surface area (Å²) >= 11 is 19.4. The zero-order valence-corrected chi connectivity index (χ0v) is 15.6. The fraction of sp³-hybridized carbons (Fsp3) is 0.333. The van der Waals surface area contributed by atoms with E-state index in [1.807, 2.05) is 5.38 Å². The summed E-state index contributed by atoms with van der Waals surface area (Å²) in [6.45, 7) is 2.70. The monoisotopic (exact) mass is 405 g/mol. The van der Waals surface area contributed by atoms with Crippen molar-refractivity contribution in [3.8, 4) is 5.75 Å². The Morgan fingerprint density at radius 1 is 1.12 bits per heavy atom. The number of hydrogen-bond donors (Lipinski definition) is 0. The number of ether oxygens (including phenoxy) is 1. The molecule has 0 spiro atoms. The third kappa shape index (κ3) is 4.06. The van der Waals surface area contributed by atoms with Crippen LogP contribution in [0, 0.1) is 0 Å². The van der Waals surface area contributed by atoms with Crippen molar-refractivity contribution in [1.82, 2.24) is 9.88 Å². The van der Waals surface area contributed by atoms with Gasteiger partial charge in [0.2, 0.25) is 0 Å². The summed E-state index contributed by atoms with van der Waals surface area (Å²) < 4.78 is 5.50. The van der Waals surface area contributed by atoms with Crippen molar-refractivity contribution in [2.45, 2.75) is 0 Å². The Hall–Kier alpha value is -1.21. The van der Waals surface area contributed by atoms with Gasteiger partial charge in [-0.3, -0.25) is 4.79 Å². The van der Waals surface area contributed by atoms with Crippen molar-refractivity contribution in [2.24, 2.45) is 0 Å². The molecule has 2 aromatic rings. The van der Waals surface area contributed by atoms with Crippen LogP contribution >= 0.6 is 46.1 Å². The molecule has 128 valence electrons. The van der Waals surface area contributed by atoms with E-state index in [2.05, 4.69) is 9.88 Å². The predicted molar refractivity (Wildman–Crippen MR) is 97.9 cm³/mol. The van der Waals surface area contributed by atoms with Crippen LogP contribution in [0.4, 0.5) is 5.13 Å². The zero-order chi connectivity index (χ0) is 17.1. The maximum absolute atomic E-state index is 12.3. The van der Waals surface area contributed by atoms with Gasteiger partial charge in [-0.1, -0.05) is 34.8 Å². The smallest absolute Gasteiger partial charge is 0.260 e. The van der Waals surface area contributed by atoms with Crippen molar-refractivity contribution in [2.75, 3.05) is 37.7 Å². The number of carbonyl (C=O) groups is 1. The first kappa shape index (κ1) is 17.6. The number of piperazine rings is 1. The van der Waals surface area contributed by atoms with Gasteiger partial charge >= 0.3 is 0 Å². The summed E-state index contributed by atoms with van der Waals surface area (Å²) in [5.74, 6) is 0.261. The number of hydrogen-bond acceptors (Lipinski definition) is 5. The first-order valence-corrected chi connectivity index (χ1v) is 9.25. The number of nitrogens with zero attached hydrogens (tertiary/aromatic N) is 3. The number of halogens is 3. The minimum atomic E-state index is -0.0884. The van der Waals surface area contributed by atoms with E-state index in [0.29, 0.717) is 33.9 Å². The molecular formula is C15H14Cl3N3O2S. The Labute approximate surface area is 158 Å². The van der Waals surface area contributed by atoms with Gasteiger partial charge in [0.25, 0.3) is 5.91 Å². The standard InChI is InChI=1S/C15H14Cl3N3O2S/c16-10-7-12(18)13(8-11(10)17)23-9-14(22)20-2-4-21(5-3-20)15-19-1-6-24-15/h1,6-8H,2-5,9H2. The molecule has 1 aliphatic rings. The minimum Gasteiger partial charge on any atom is -0.482 e. The van der Waals surface area contributed by atoms with Crippen LogP contribution in [0.3, 0.4) is 0 Å². The molecule has 5 nitrogen and oxygen atoms in total. The van der Waals surface area contributed by atoms with Crippen LogP contribution in [-0.2, 0) is 4.79 Å². The van der Waals surface area contributed by atoms with Crippen molar-refractivity contribution in [3.63, 3.8) is 0 Å². The summed E-state index contributed by atoms with van der Waals surface area (Å²) in [4.78, 5) is 20.5. The third-order valence-corrected chi connectivity index (χ3v) is 5.50. The molecular weight excluding hydrogens is 393 g/mol. The van der Waals surface area contributed by atoms with Crippen LogP contribution in [0.2, 0.25) is 15.1 Å². The van der Waals surface area contributed by atoms with E-state index in [9.17, 15) is 4.79 Å². The maximum Gasteiger partial charge on any atom is 0.260 e. The number of carbonyl (C=O) groups excluding carboxylic acids is 1. The molecule has 1 saturated heterocycles. The van der Waals surface area contributed by atoms with Crippen LogP contribution in [-0.4, -0.2) is 48.6 Å². The molecule has 3 rings (SSSR count). The highest BCUT2D eigenvalue weighted by Gasteiger charge is 2.23. The van der Waals surface area contributed by atoms with Crippen molar-refractivity contribution >= 4 is 57.2 Å². The molecule has 0 aliphatic carbocycles. The quantitative estimate of drug-likeness (QED) is 0.724. The van der Waals surface area contributed by atoms with Gasteiger partial charge in [-0.15, -0.1) is 11.3 Å². The second-order valence-electron chi connectivity index (χ2n) is 5.17. The van der Waals surface area contributed by atoms with E-state index in [-0.39, 0.29) is 12.5 Å². The molecule has 9 heteroatoms. The van der Waals surface area contributed by atoms with Gasteiger partial charge in [-0.2, -0.15) is 0 Å². The lowest BCUT2D eigenvalue weighted by Gasteiger charge is -2.34. The van der Waals surface area contributed by atoms with Crippen LogP contribution in [0.5, 0.6) is 5.75 Å². The average Bonchev–Trinajstić information content (AvgIpc) is 3.11. The lowest BCUT2D eigenvalue weighted by Crippen LogP contribution is -2.50. The summed E-state index contributed by atoms with van der Waals surface area (Å²) in [7, 11) is 0. The average molecular weight is 407 g/mol. The third-order valence-electron chi connectivity index (χ3n) is 3.65. The SMILES string of the molecule is O=C(COc1cc(Cl)c(Cl)cc1Cl)N1CCN(c2nccs2)CC1. The van der Waals surface area contributed by atoms with E-state index in [1.165, 1.54) is 12.1 Å². The van der Waals surface area contributed by atoms with Crippen LogP contribution in [0.1, 0.15) is 0 Å². The topological polar surface area (TPSA) is 45.7 Å². The zero-order valence-electron chi connectivity index (χ0n) is 12.5. The van der Waals surface area contributed by atoms with Gasteiger partial charge in [-0.05, 0) is 6.07 Å². The molecule has 0 N–H and O–H groups in total. The van der Waals surface area contributed by atoms with Crippen molar-refractivity contribution in [3.05, 3.63) is 38.8 Å². The number of aromatic nitrogens is 1. The molecule has 1 aliphatic heterocycles. The molecule has 0 unspecified atom stereocenters. The van der Waals surface area contributed by atoms with E-state index >= 15 is 0 Å². The lowest BCUT2D eigenvalue weighted by atomic mass is 10.3. The summed E-state index contributed by atoms with van der Waals surface area (Å²) in [6, 6.07) is 3.01. The van der Waals surface area contributed by atoms with Gasteiger partial charge in [0.05, 0.1) is 15.1 Å². The minimum absolute atomic E-state index is 0.0871. The number of thiazole rings is 1. The highest BCUT2D eigenvalue weighted by atomic mass is 35.5. The second-order valence-corrected chi connectivity index (χ2v) is 7.26. The molecule has 0 bridgehead atoms. The van der Waals surface area contributed by atoms with Crippen LogP contribution < -0.4 is 9.64 Å². The Balaban J connectivity index is 1.52. The molecule has 1 aromatic carbocycles. The molecule has 0 saturated carbocycles. The first-order chi connectivity index (χ1) is 11.5. The molecule has 1 fully saturated rings. The van der Waals surface area contributed by atoms with Gasteiger partial charge in [-0.25, -0.2) is 4.98 Å². The lowest BCUT2D eigenvalue weighted by molar-refractivity contribution is -0.133. The summed E-state index contributed by atoms with van der Waals surface area (Å²) in [6.07, 6.45) is 1.78. The molecule has 24 heavy (non-hydrogen) atoms. The second kappa shape index (κ2) is 7.78. The number of amides is 1. The van der Waals surface area contributed by atoms with E-state index < -0.39 is 0 Å². The molecule has 1 aromatic heterocycles. The largest absolute Gasteiger partial charge is 0.482 e. The number of anilines is 1. The Kier molecular flexibility index (Phi) is 5.71. The fourth-order valence-corrected chi connectivity index (χ4v) is 3.65. The Morgan fingerprint density at radius 3 is 2.50 bits per heavy atom. The summed E-state index contributed by atoms with van der Waals surface area (Å²) in [5.41, 5.74) is 0. The molecule has 0 radical (unpaired) electrons. The van der Waals surface area contributed by atoms with Crippen molar-refractivity contribution in [1.29, 1.82) is 0 Å². The number of benzene rings is 1. The van der Waals surface area contributed by atoms with Gasteiger partial charge < -0.3 is 14.5 Å². The van der Waals surface area contributed by atoms with E-state index in [1.54, 1.807) is 22.4 Å². The maximum atomic E-state index is 12.3. The highest BCUT2D eigenvalue weighted by Crippen LogP contribution is 2.33. The van der Waals surface area contributed by atoms with Gasteiger partial charge in [0.15, 0.2) is 11.7 Å². The number of rotatable bonds is 4. The van der Waals surface area contributed by atoms with Gasteiger partial charge in [0, 0.05) is 43.8 Å². The molecule has 2 heterocycles.